The Morgan fingerprint density at radius 3 is 2.50 bits per heavy atom. The fraction of sp³-hybridized carbons (Fsp3) is 0.400. The van der Waals surface area contributed by atoms with Crippen LogP contribution in [0.3, 0.4) is 0 Å². The molecule has 2 heterocycles. The van der Waals surface area contributed by atoms with Crippen molar-refractivity contribution in [1.82, 2.24) is 4.90 Å². The molecular weight excluding hydrogens is 408 g/mol. The van der Waals surface area contributed by atoms with Gasteiger partial charge in [0.25, 0.3) is 0 Å². The lowest BCUT2D eigenvalue weighted by atomic mass is 10.1. The summed E-state index contributed by atoms with van der Waals surface area (Å²) in [5, 5.41) is 10.4. The molecule has 1 aromatic heterocycles. The smallest absolute Gasteiger partial charge is 0.195 e. The van der Waals surface area contributed by atoms with Gasteiger partial charge >= 0.3 is 0 Å². The van der Waals surface area contributed by atoms with E-state index in [1.807, 2.05) is 18.2 Å². The zero-order valence-electron chi connectivity index (χ0n) is 18.7. The number of fused-ring (bicyclic) bond motifs is 1. The molecule has 1 saturated heterocycles. The van der Waals surface area contributed by atoms with Crippen LogP contribution in [0, 0.1) is 0 Å². The third kappa shape index (κ3) is 4.67. The van der Waals surface area contributed by atoms with Crippen LogP contribution in [0.4, 0.5) is 5.69 Å². The van der Waals surface area contributed by atoms with Gasteiger partial charge in [-0.05, 0) is 44.0 Å². The number of rotatable bonds is 8. The molecule has 0 amide bonds. The predicted molar refractivity (Wildman–Crippen MR) is 125 cm³/mol. The van der Waals surface area contributed by atoms with E-state index in [0.29, 0.717) is 28.7 Å². The summed E-state index contributed by atoms with van der Waals surface area (Å²) >= 11 is 0. The van der Waals surface area contributed by atoms with Crippen LogP contribution < -0.4 is 19.8 Å². The number of anilines is 1. The van der Waals surface area contributed by atoms with Gasteiger partial charge in [0.2, 0.25) is 0 Å². The molecule has 4 rings (SSSR count). The highest BCUT2D eigenvalue weighted by Gasteiger charge is 2.19. The maximum absolute atomic E-state index is 12.8. The summed E-state index contributed by atoms with van der Waals surface area (Å²) in [7, 11) is 3.18. The van der Waals surface area contributed by atoms with Gasteiger partial charge in [0.15, 0.2) is 16.9 Å². The van der Waals surface area contributed by atoms with Crippen molar-refractivity contribution in [3.8, 4) is 17.2 Å². The van der Waals surface area contributed by atoms with Gasteiger partial charge in [0.05, 0.1) is 31.6 Å². The lowest BCUT2D eigenvalue weighted by Gasteiger charge is -2.36. The number of unbranched alkanes of at least 4 members (excludes halogenated alkanes) is 1. The molecule has 0 bridgehead atoms. The number of para-hydroxylation sites is 2. The summed E-state index contributed by atoms with van der Waals surface area (Å²) in [5.74, 6) is 1.15. The van der Waals surface area contributed by atoms with Crippen LogP contribution in [0.15, 0.2) is 51.9 Å². The lowest BCUT2D eigenvalue weighted by Crippen LogP contribution is -2.46. The van der Waals surface area contributed by atoms with E-state index in [9.17, 15) is 9.90 Å². The van der Waals surface area contributed by atoms with Crippen LogP contribution in [-0.2, 0) is 6.42 Å². The number of benzene rings is 2. The van der Waals surface area contributed by atoms with Crippen molar-refractivity contribution in [3.05, 3.63) is 58.4 Å². The molecule has 170 valence electrons. The fourth-order valence-corrected chi connectivity index (χ4v) is 4.28. The molecule has 1 aliphatic rings. The number of methoxy groups -OCH3 is 2. The van der Waals surface area contributed by atoms with Gasteiger partial charge in [0.1, 0.15) is 11.3 Å². The molecule has 32 heavy (non-hydrogen) atoms. The number of aryl methyl sites for hydroxylation is 1. The quantitative estimate of drug-likeness (QED) is 0.538. The summed E-state index contributed by atoms with van der Waals surface area (Å²) in [6.07, 6.45) is 4.12. The molecule has 0 spiro atoms. The van der Waals surface area contributed by atoms with E-state index in [4.69, 9.17) is 13.9 Å². The number of piperazine rings is 1. The first-order chi connectivity index (χ1) is 15.6. The molecule has 0 radical (unpaired) electrons. The van der Waals surface area contributed by atoms with Crippen molar-refractivity contribution in [2.24, 2.45) is 0 Å². The number of hydrogen-bond donors (Lipinski definition) is 1. The topological polar surface area (TPSA) is 75.4 Å². The average Bonchev–Trinajstić information content (AvgIpc) is 2.83. The second-order valence-electron chi connectivity index (χ2n) is 8.07. The predicted octanol–water partition coefficient (Wildman–Crippen LogP) is 3.66. The summed E-state index contributed by atoms with van der Waals surface area (Å²) in [4.78, 5) is 17.6. The molecule has 0 saturated carbocycles. The van der Waals surface area contributed by atoms with Crippen LogP contribution in [0.2, 0.25) is 0 Å². The van der Waals surface area contributed by atoms with E-state index in [1.165, 1.54) is 19.4 Å². The molecule has 2 aromatic carbocycles. The zero-order chi connectivity index (χ0) is 22.5. The Bertz CT molecular complexity index is 1120. The average molecular weight is 439 g/mol. The van der Waals surface area contributed by atoms with Gasteiger partial charge < -0.3 is 23.9 Å². The van der Waals surface area contributed by atoms with Crippen molar-refractivity contribution in [2.75, 3.05) is 51.8 Å². The van der Waals surface area contributed by atoms with Gasteiger partial charge in [0, 0.05) is 37.8 Å². The monoisotopic (exact) mass is 438 g/mol. The van der Waals surface area contributed by atoms with Crippen molar-refractivity contribution < 1.29 is 19.0 Å². The summed E-state index contributed by atoms with van der Waals surface area (Å²) in [6.45, 7) is 4.98. The van der Waals surface area contributed by atoms with Gasteiger partial charge in [-0.25, -0.2) is 0 Å². The number of hydrogen-bond acceptors (Lipinski definition) is 7. The van der Waals surface area contributed by atoms with E-state index < -0.39 is 0 Å². The number of phenols is 1. The van der Waals surface area contributed by atoms with Gasteiger partial charge in [-0.1, -0.05) is 12.1 Å². The Balaban J connectivity index is 1.27. The van der Waals surface area contributed by atoms with Crippen molar-refractivity contribution in [3.63, 3.8) is 0 Å². The van der Waals surface area contributed by atoms with E-state index >= 15 is 0 Å². The van der Waals surface area contributed by atoms with Crippen LogP contribution in [-0.4, -0.2) is 56.9 Å². The molecule has 1 N–H and O–H groups in total. The van der Waals surface area contributed by atoms with E-state index in [1.54, 1.807) is 13.2 Å². The Morgan fingerprint density at radius 2 is 1.75 bits per heavy atom. The van der Waals surface area contributed by atoms with Gasteiger partial charge in [-0.2, -0.15) is 0 Å². The van der Waals surface area contributed by atoms with E-state index in [2.05, 4.69) is 15.9 Å². The van der Waals surface area contributed by atoms with Gasteiger partial charge in [-0.3, -0.25) is 9.69 Å². The fourth-order valence-electron chi connectivity index (χ4n) is 4.28. The normalized spacial score (nSPS) is 14.6. The second-order valence-corrected chi connectivity index (χ2v) is 8.07. The first-order valence-corrected chi connectivity index (χ1v) is 11.0. The molecule has 0 unspecified atom stereocenters. The molecular formula is C25H30N2O5. The van der Waals surface area contributed by atoms with Crippen LogP contribution in [0.5, 0.6) is 17.2 Å². The highest BCUT2D eigenvalue weighted by molar-refractivity contribution is 5.81. The standard InChI is InChI=1S/C25H30N2O5/c1-30-22-9-4-3-8-20(22)27-13-11-26(12-14-27)10-6-5-7-18-17-32-23-16-24(31-2)21(28)15-19(23)25(18)29/h3-4,8-9,15-17,28H,5-7,10-14H2,1-2H3. The zero-order valence-corrected chi connectivity index (χ0v) is 18.7. The molecule has 0 atom stereocenters. The van der Waals surface area contributed by atoms with E-state index in [-0.39, 0.29) is 11.2 Å². The summed E-state index contributed by atoms with van der Waals surface area (Å²) in [6, 6.07) is 11.1. The highest BCUT2D eigenvalue weighted by Crippen LogP contribution is 2.30. The molecule has 1 aliphatic heterocycles. The number of phenolic OH excluding ortho intramolecular Hbond substituents is 1. The second kappa shape index (κ2) is 9.96. The summed E-state index contributed by atoms with van der Waals surface area (Å²) < 4.78 is 16.2. The molecule has 1 fully saturated rings. The van der Waals surface area contributed by atoms with Crippen LogP contribution in [0.25, 0.3) is 11.0 Å². The largest absolute Gasteiger partial charge is 0.504 e. The Labute approximate surface area is 187 Å². The number of aromatic hydroxyl groups is 1. The molecule has 0 aliphatic carbocycles. The van der Waals surface area contributed by atoms with Crippen molar-refractivity contribution in [2.45, 2.75) is 19.3 Å². The third-order valence-corrected chi connectivity index (χ3v) is 6.11. The van der Waals surface area contributed by atoms with Crippen LogP contribution in [0.1, 0.15) is 18.4 Å². The Hall–Kier alpha value is -3.19. The SMILES string of the molecule is COc1cc2occ(CCCCN3CCN(c4ccccc4OC)CC3)c(=O)c2cc1O. The Kier molecular flexibility index (Phi) is 6.85. The summed E-state index contributed by atoms with van der Waals surface area (Å²) in [5.41, 5.74) is 2.13. The van der Waals surface area contributed by atoms with Crippen molar-refractivity contribution in [1.29, 1.82) is 0 Å². The van der Waals surface area contributed by atoms with Gasteiger partial charge in [-0.15, -0.1) is 0 Å². The minimum Gasteiger partial charge on any atom is -0.504 e. The molecule has 3 aromatic rings. The molecule has 7 heteroatoms. The lowest BCUT2D eigenvalue weighted by molar-refractivity contribution is 0.252. The first-order valence-electron chi connectivity index (χ1n) is 11.0. The maximum Gasteiger partial charge on any atom is 0.195 e. The Morgan fingerprint density at radius 1 is 1.00 bits per heavy atom. The number of ether oxygens (including phenoxy) is 2. The van der Waals surface area contributed by atoms with E-state index in [0.717, 1.165) is 57.0 Å². The minimum absolute atomic E-state index is 0.0586. The number of nitrogens with zero attached hydrogens (tertiary/aromatic N) is 2. The highest BCUT2D eigenvalue weighted by atomic mass is 16.5. The first kappa shape index (κ1) is 22.0. The minimum atomic E-state index is -0.0883. The molecule has 7 nitrogen and oxygen atoms in total. The third-order valence-electron chi connectivity index (χ3n) is 6.11. The van der Waals surface area contributed by atoms with Crippen molar-refractivity contribution >= 4 is 16.7 Å². The maximum atomic E-state index is 12.8. The van der Waals surface area contributed by atoms with Crippen LogP contribution >= 0.6 is 0 Å².